The highest BCUT2D eigenvalue weighted by Crippen LogP contribution is 2.28. The van der Waals surface area contributed by atoms with Gasteiger partial charge in [0.25, 0.3) is 0 Å². The maximum Gasteiger partial charge on any atom is 0.241 e. The van der Waals surface area contributed by atoms with Crippen LogP contribution < -0.4 is 5.32 Å². The first kappa shape index (κ1) is 15.2. The minimum atomic E-state index is 0.351. The molecule has 4 heterocycles. The van der Waals surface area contributed by atoms with Crippen molar-refractivity contribution < 1.29 is 4.74 Å². The molecule has 1 N–H and O–H groups in total. The second kappa shape index (κ2) is 6.03. The summed E-state index contributed by atoms with van der Waals surface area (Å²) in [7, 11) is 1.75. The van der Waals surface area contributed by atoms with Crippen molar-refractivity contribution in [1.82, 2.24) is 24.6 Å². The van der Waals surface area contributed by atoms with Crippen LogP contribution in [-0.2, 0) is 4.74 Å². The van der Waals surface area contributed by atoms with Crippen LogP contribution in [0.25, 0.3) is 27.7 Å². The molecule has 0 aliphatic heterocycles. The average molecular weight is 346 g/mol. The van der Waals surface area contributed by atoms with E-state index >= 15 is 0 Å². The van der Waals surface area contributed by atoms with Gasteiger partial charge in [0, 0.05) is 48.3 Å². The molecule has 4 aromatic rings. The Kier molecular flexibility index (Phi) is 3.53. The second-order valence-electron chi connectivity index (χ2n) is 6.59. The summed E-state index contributed by atoms with van der Waals surface area (Å²) in [6, 6.07) is 8.44. The molecule has 0 saturated heterocycles. The van der Waals surface area contributed by atoms with Gasteiger partial charge in [0.1, 0.15) is 0 Å². The Morgan fingerprint density at radius 2 is 2.08 bits per heavy atom. The van der Waals surface area contributed by atoms with Crippen LogP contribution in [0.15, 0.2) is 49.1 Å². The maximum absolute atomic E-state index is 5.31. The van der Waals surface area contributed by atoms with Gasteiger partial charge in [-0.2, -0.15) is 0 Å². The highest BCUT2D eigenvalue weighted by atomic mass is 16.5. The van der Waals surface area contributed by atoms with Gasteiger partial charge in [-0.25, -0.2) is 19.5 Å². The molecule has 1 aliphatic rings. The number of nitrogens with zero attached hydrogens (tertiary/aromatic N) is 5. The SMILES string of the molecule is COC1CC(Nc2ncc3c(-c4cnc5ncccc5c4)ccn3n2)C1. The first-order chi connectivity index (χ1) is 12.8. The largest absolute Gasteiger partial charge is 0.381 e. The van der Waals surface area contributed by atoms with E-state index in [1.54, 1.807) is 13.3 Å². The van der Waals surface area contributed by atoms with Gasteiger partial charge >= 0.3 is 0 Å². The number of anilines is 1. The van der Waals surface area contributed by atoms with Crippen molar-refractivity contribution in [3.63, 3.8) is 0 Å². The highest BCUT2D eigenvalue weighted by molar-refractivity contribution is 5.86. The summed E-state index contributed by atoms with van der Waals surface area (Å²) in [6.45, 7) is 0. The molecule has 0 atom stereocenters. The number of methoxy groups -OCH3 is 1. The normalized spacial score (nSPS) is 19.6. The topological polar surface area (TPSA) is 77.2 Å². The molecule has 5 rings (SSSR count). The van der Waals surface area contributed by atoms with E-state index in [9.17, 15) is 0 Å². The van der Waals surface area contributed by atoms with Crippen molar-refractivity contribution in [3.05, 3.63) is 49.1 Å². The van der Waals surface area contributed by atoms with Crippen LogP contribution in [0.4, 0.5) is 5.95 Å². The Balaban J connectivity index is 1.45. The fourth-order valence-corrected chi connectivity index (χ4v) is 3.38. The van der Waals surface area contributed by atoms with Gasteiger partial charge in [0.15, 0.2) is 5.65 Å². The van der Waals surface area contributed by atoms with E-state index in [4.69, 9.17) is 4.74 Å². The van der Waals surface area contributed by atoms with Gasteiger partial charge in [0.2, 0.25) is 5.95 Å². The third-order valence-electron chi connectivity index (χ3n) is 4.94. The molecule has 0 aromatic carbocycles. The van der Waals surface area contributed by atoms with E-state index in [1.165, 1.54) is 0 Å². The molecule has 0 spiro atoms. The lowest BCUT2D eigenvalue weighted by atomic mass is 9.89. The molecule has 0 amide bonds. The Morgan fingerprint density at radius 3 is 2.96 bits per heavy atom. The number of aromatic nitrogens is 5. The second-order valence-corrected chi connectivity index (χ2v) is 6.59. The van der Waals surface area contributed by atoms with Crippen molar-refractivity contribution in [2.45, 2.75) is 25.0 Å². The quantitative estimate of drug-likeness (QED) is 0.612. The number of ether oxygens (including phenoxy) is 1. The molecule has 1 saturated carbocycles. The zero-order valence-electron chi connectivity index (χ0n) is 14.3. The number of fused-ring (bicyclic) bond motifs is 2. The lowest BCUT2D eigenvalue weighted by Crippen LogP contribution is -2.40. The van der Waals surface area contributed by atoms with E-state index in [-0.39, 0.29) is 0 Å². The van der Waals surface area contributed by atoms with Crippen LogP contribution in [0, 0.1) is 0 Å². The molecule has 0 radical (unpaired) electrons. The van der Waals surface area contributed by atoms with Crippen LogP contribution >= 0.6 is 0 Å². The van der Waals surface area contributed by atoms with Crippen molar-refractivity contribution in [3.8, 4) is 11.1 Å². The molecular formula is C19H18N6O. The van der Waals surface area contributed by atoms with Gasteiger partial charge in [0.05, 0.1) is 17.8 Å². The number of hydrogen-bond donors (Lipinski definition) is 1. The zero-order chi connectivity index (χ0) is 17.5. The predicted octanol–water partition coefficient (Wildman–Crippen LogP) is 2.93. The highest BCUT2D eigenvalue weighted by Gasteiger charge is 2.29. The van der Waals surface area contributed by atoms with Crippen molar-refractivity contribution in [2.75, 3.05) is 12.4 Å². The smallest absolute Gasteiger partial charge is 0.241 e. The number of rotatable bonds is 4. The summed E-state index contributed by atoms with van der Waals surface area (Å²) < 4.78 is 7.16. The van der Waals surface area contributed by atoms with Gasteiger partial charge < -0.3 is 10.1 Å². The molecule has 130 valence electrons. The standard InChI is InChI=1S/C19H18N6O/c1-26-15-8-14(9-15)23-19-22-11-17-16(4-6-25(17)24-19)13-7-12-3-2-5-20-18(12)21-10-13/h2-7,10-11,14-15H,8-9H2,1H3,(H,23,24). The van der Waals surface area contributed by atoms with Crippen LogP contribution in [0.1, 0.15) is 12.8 Å². The van der Waals surface area contributed by atoms with Crippen molar-refractivity contribution >= 4 is 22.5 Å². The maximum atomic E-state index is 5.31. The molecule has 1 aliphatic carbocycles. The van der Waals surface area contributed by atoms with Crippen LogP contribution in [-0.4, -0.2) is 43.8 Å². The van der Waals surface area contributed by atoms with E-state index in [0.717, 1.165) is 40.5 Å². The molecule has 26 heavy (non-hydrogen) atoms. The molecule has 0 unspecified atom stereocenters. The molecule has 7 heteroatoms. The van der Waals surface area contributed by atoms with Crippen LogP contribution in [0.3, 0.4) is 0 Å². The van der Waals surface area contributed by atoms with Gasteiger partial charge in [-0.1, -0.05) is 0 Å². The molecule has 1 fully saturated rings. The molecule has 7 nitrogen and oxygen atoms in total. The predicted molar refractivity (Wildman–Crippen MR) is 99.0 cm³/mol. The van der Waals surface area contributed by atoms with E-state index in [1.807, 2.05) is 41.3 Å². The lowest BCUT2D eigenvalue weighted by molar-refractivity contribution is 0.0326. The van der Waals surface area contributed by atoms with Gasteiger partial charge in [-0.05, 0) is 37.1 Å². The average Bonchev–Trinajstić information content (AvgIpc) is 3.07. The molecule has 0 bridgehead atoms. The van der Waals surface area contributed by atoms with E-state index < -0.39 is 0 Å². The first-order valence-corrected chi connectivity index (χ1v) is 8.65. The minimum absolute atomic E-state index is 0.351. The summed E-state index contributed by atoms with van der Waals surface area (Å²) in [6.07, 6.45) is 9.73. The summed E-state index contributed by atoms with van der Waals surface area (Å²) in [4.78, 5) is 13.2. The Labute approximate surface area is 150 Å². The Hall–Kier alpha value is -3.06. The van der Waals surface area contributed by atoms with Crippen molar-refractivity contribution in [2.24, 2.45) is 0 Å². The third-order valence-corrected chi connectivity index (χ3v) is 4.94. The molecule has 4 aromatic heterocycles. The first-order valence-electron chi connectivity index (χ1n) is 8.65. The summed E-state index contributed by atoms with van der Waals surface area (Å²) in [5, 5.41) is 8.96. The molecular weight excluding hydrogens is 328 g/mol. The van der Waals surface area contributed by atoms with Crippen LogP contribution in [0.2, 0.25) is 0 Å². The minimum Gasteiger partial charge on any atom is -0.381 e. The fourth-order valence-electron chi connectivity index (χ4n) is 3.38. The Morgan fingerprint density at radius 1 is 1.15 bits per heavy atom. The fraction of sp³-hybridized carbons (Fsp3) is 0.263. The van der Waals surface area contributed by atoms with Crippen molar-refractivity contribution in [1.29, 1.82) is 0 Å². The number of pyridine rings is 2. The van der Waals surface area contributed by atoms with Gasteiger partial charge in [-0.3, -0.25) is 0 Å². The summed E-state index contributed by atoms with van der Waals surface area (Å²) in [5.41, 5.74) is 3.78. The number of hydrogen-bond acceptors (Lipinski definition) is 6. The zero-order valence-corrected chi connectivity index (χ0v) is 14.3. The Bertz CT molecular complexity index is 1090. The third kappa shape index (κ3) is 2.57. The van der Waals surface area contributed by atoms with Crippen LogP contribution in [0.5, 0.6) is 0 Å². The van der Waals surface area contributed by atoms with Gasteiger partial charge in [-0.15, -0.1) is 5.10 Å². The summed E-state index contributed by atoms with van der Waals surface area (Å²) >= 11 is 0. The lowest BCUT2D eigenvalue weighted by Gasteiger charge is -2.34. The van der Waals surface area contributed by atoms with E-state index in [2.05, 4.69) is 31.4 Å². The number of nitrogens with one attached hydrogen (secondary N) is 1. The summed E-state index contributed by atoms with van der Waals surface area (Å²) in [5.74, 6) is 0.639. The van der Waals surface area contributed by atoms with E-state index in [0.29, 0.717) is 18.1 Å². The monoisotopic (exact) mass is 346 g/mol.